The van der Waals surface area contributed by atoms with E-state index in [-0.39, 0.29) is 55.1 Å². The summed E-state index contributed by atoms with van der Waals surface area (Å²) in [6.07, 6.45) is 1.99. The minimum atomic E-state index is -3.64. The molecule has 1 aromatic heterocycles. The van der Waals surface area contributed by atoms with Crippen molar-refractivity contribution in [2.24, 2.45) is 5.11 Å². The number of amides is 2. The number of ether oxygens (including phenoxy) is 2. The lowest BCUT2D eigenvalue weighted by Crippen LogP contribution is -2.60. The summed E-state index contributed by atoms with van der Waals surface area (Å²) in [6, 6.07) is 12.0. The first-order valence-electron chi connectivity index (χ1n) is 17.6. The molecule has 1 N–H and O–H groups in total. The highest BCUT2D eigenvalue weighted by Crippen LogP contribution is 2.34. The number of anilines is 1. The highest BCUT2D eigenvalue weighted by atomic mass is 35.5. The molecule has 3 aromatic rings. The van der Waals surface area contributed by atoms with E-state index >= 15 is 4.39 Å². The lowest BCUT2D eigenvalue weighted by molar-refractivity contribution is -0.117. The molecule has 0 aliphatic carbocycles. The van der Waals surface area contributed by atoms with Gasteiger partial charge in [0.05, 0.1) is 11.9 Å². The molecule has 2 saturated heterocycles. The van der Waals surface area contributed by atoms with Gasteiger partial charge >= 0.3 is 6.09 Å². The third-order valence-corrected chi connectivity index (χ3v) is 11.4. The van der Waals surface area contributed by atoms with E-state index in [1.54, 1.807) is 68.3 Å². The molecule has 1 unspecified atom stereocenters. The van der Waals surface area contributed by atoms with Gasteiger partial charge < -0.3 is 19.7 Å². The fourth-order valence-corrected chi connectivity index (χ4v) is 8.71. The number of hydrogen-bond donors (Lipinski definition) is 1. The van der Waals surface area contributed by atoms with Crippen molar-refractivity contribution in [3.8, 4) is 5.88 Å². The van der Waals surface area contributed by atoms with Crippen molar-refractivity contribution in [3.63, 3.8) is 0 Å². The Morgan fingerprint density at radius 2 is 1.83 bits per heavy atom. The van der Waals surface area contributed by atoms with Gasteiger partial charge in [-0.25, -0.2) is 22.6 Å². The second kappa shape index (κ2) is 16.7. The molecule has 13 nitrogen and oxygen atoms in total. The fraction of sp³-hybridized carbons (Fsp3) is 0.486. The molecule has 0 radical (unpaired) electrons. The number of azide groups is 1. The summed E-state index contributed by atoms with van der Waals surface area (Å²) < 4.78 is 55.1. The standard InChI is InChI=1S/C37H45ClFN7O6S/c1-23(2)51-32-18-13-25(20-41-32)33(24-11-14-26(38)15-12-24)34(43-44-40)35(47)42-31-10-6-9-30(39)29(31)17-16-28-21-45(36(48)52-37(3,4)5)27-8-7-19-53(49,50)46(28)22-27/h6,9-15,18,20,23,27-28,33-34H,7-8,16-17,19,21-22H2,1-5H3,(H,42,47)/t27-,28+,33+,34+/m1/s1. The summed E-state index contributed by atoms with van der Waals surface area (Å²) in [4.78, 5) is 36.4. The zero-order valence-corrected chi connectivity index (χ0v) is 32.0. The lowest BCUT2D eigenvalue weighted by Gasteiger charge is -2.44. The first kappa shape index (κ1) is 39.8. The molecule has 0 spiro atoms. The van der Waals surface area contributed by atoms with Crippen LogP contribution in [0.4, 0.5) is 14.9 Å². The van der Waals surface area contributed by atoms with E-state index in [0.29, 0.717) is 34.9 Å². The molecular weight excluding hydrogens is 725 g/mol. The quantitative estimate of drug-likeness (QED) is 0.120. The molecule has 5 atom stereocenters. The maximum atomic E-state index is 15.6. The Hall–Kier alpha value is -4.43. The Kier molecular flexibility index (Phi) is 12.5. The van der Waals surface area contributed by atoms with Gasteiger partial charge in [0.1, 0.15) is 17.5 Å². The predicted octanol–water partition coefficient (Wildman–Crippen LogP) is 7.46. The predicted molar refractivity (Wildman–Crippen MR) is 200 cm³/mol. The number of piperazine rings is 1. The van der Waals surface area contributed by atoms with Crippen LogP contribution in [0.5, 0.6) is 5.88 Å². The first-order valence-corrected chi connectivity index (χ1v) is 19.5. The van der Waals surface area contributed by atoms with Crippen LogP contribution in [-0.4, -0.2) is 83.3 Å². The smallest absolute Gasteiger partial charge is 0.410 e. The van der Waals surface area contributed by atoms with Crippen LogP contribution in [0.3, 0.4) is 0 Å². The molecule has 2 fully saturated rings. The van der Waals surface area contributed by atoms with Crippen molar-refractivity contribution in [1.29, 1.82) is 0 Å². The fourth-order valence-electron chi connectivity index (χ4n) is 6.80. The van der Waals surface area contributed by atoms with Gasteiger partial charge in [0.2, 0.25) is 21.8 Å². The molecule has 16 heteroatoms. The number of carbonyl (C=O) groups excluding carboxylic acids is 2. The number of nitrogens with one attached hydrogen (secondary N) is 1. The third-order valence-electron chi connectivity index (χ3n) is 9.14. The zero-order valence-electron chi connectivity index (χ0n) is 30.4. The molecule has 2 bridgehead atoms. The first-order chi connectivity index (χ1) is 25.1. The maximum Gasteiger partial charge on any atom is 0.410 e. The van der Waals surface area contributed by atoms with Gasteiger partial charge in [0.15, 0.2) is 0 Å². The maximum absolute atomic E-state index is 15.6. The molecule has 2 aromatic carbocycles. The van der Waals surface area contributed by atoms with Gasteiger partial charge in [-0.05, 0) is 101 Å². The SMILES string of the molecule is CC(C)Oc1ccc([C@H](c2ccc(Cl)cc2)[C@H](N=[N+]=[N-])C(=O)Nc2cccc(F)c2CC[C@H]2CN(C(=O)OC(C)(C)C)[C@@H]3CCCS(=O)(=O)N2C3)cn1. The molecule has 3 heterocycles. The molecule has 2 aliphatic heterocycles. The van der Waals surface area contributed by atoms with Gasteiger partial charge in [-0.3, -0.25) is 4.79 Å². The summed E-state index contributed by atoms with van der Waals surface area (Å²) in [7, 11) is -3.64. The van der Waals surface area contributed by atoms with Crippen LogP contribution in [0.1, 0.15) is 76.5 Å². The number of hydrogen-bond acceptors (Lipinski definition) is 8. The average molecular weight is 770 g/mol. The largest absolute Gasteiger partial charge is 0.475 e. The number of rotatable bonds is 11. The number of benzene rings is 2. The summed E-state index contributed by atoms with van der Waals surface area (Å²) in [6.45, 7) is 9.24. The van der Waals surface area contributed by atoms with Crippen LogP contribution < -0.4 is 10.1 Å². The molecule has 0 saturated carbocycles. The van der Waals surface area contributed by atoms with E-state index in [2.05, 4.69) is 20.3 Å². The second-order valence-corrected chi connectivity index (χ2v) is 17.0. The summed E-state index contributed by atoms with van der Waals surface area (Å²) in [5.74, 6) is -1.81. The van der Waals surface area contributed by atoms with E-state index in [1.807, 2.05) is 13.8 Å². The summed E-state index contributed by atoms with van der Waals surface area (Å²) in [5, 5.41) is 7.16. The minimum Gasteiger partial charge on any atom is -0.475 e. The molecule has 2 aliphatic rings. The Balaban J connectivity index is 1.43. The number of halogens is 2. The van der Waals surface area contributed by atoms with Gasteiger partial charge in [-0.1, -0.05) is 41.0 Å². The van der Waals surface area contributed by atoms with Crippen molar-refractivity contribution in [2.45, 2.75) is 96.1 Å². The van der Waals surface area contributed by atoms with Gasteiger partial charge in [-0.15, -0.1) is 0 Å². The number of sulfonamides is 1. The average Bonchev–Trinajstić information content (AvgIpc) is 3.20. The monoisotopic (exact) mass is 769 g/mol. The number of carbonyl (C=O) groups is 2. The van der Waals surface area contributed by atoms with Crippen LogP contribution >= 0.6 is 11.6 Å². The summed E-state index contributed by atoms with van der Waals surface area (Å²) in [5.41, 5.74) is 10.3. The van der Waals surface area contributed by atoms with Crippen LogP contribution in [0.2, 0.25) is 5.02 Å². The van der Waals surface area contributed by atoms with Crippen molar-refractivity contribution in [2.75, 3.05) is 24.2 Å². The zero-order chi connectivity index (χ0) is 38.5. The van der Waals surface area contributed by atoms with Gasteiger partial charge in [0.25, 0.3) is 0 Å². The van der Waals surface area contributed by atoms with Gasteiger partial charge in [0, 0.05) is 64.5 Å². The minimum absolute atomic E-state index is 0.0276. The number of aromatic nitrogens is 1. The van der Waals surface area contributed by atoms with Crippen LogP contribution in [0.25, 0.3) is 10.4 Å². The van der Waals surface area contributed by atoms with Crippen molar-refractivity contribution in [3.05, 3.63) is 98.8 Å². The van der Waals surface area contributed by atoms with E-state index in [0.717, 1.165) is 0 Å². The molecule has 284 valence electrons. The van der Waals surface area contributed by atoms with Crippen LogP contribution in [-0.2, 0) is 26.0 Å². The van der Waals surface area contributed by atoms with Crippen LogP contribution in [0, 0.1) is 5.82 Å². The van der Waals surface area contributed by atoms with Crippen molar-refractivity contribution >= 4 is 39.3 Å². The number of pyridine rings is 1. The van der Waals surface area contributed by atoms with Crippen molar-refractivity contribution < 1.29 is 31.9 Å². The van der Waals surface area contributed by atoms with E-state index in [1.165, 1.54) is 22.5 Å². The molecule has 2 amide bonds. The Morgan fingerprint density at radius 1 is 1.11 bits per heavy atom. The molecule has 5 rings (SSSR count). The van der Waals surface area contributed by atoms with E-state index < -0.39 is 51.4 Å². The summed E-state index contributed by atoms with van der Waals surface area (Å²) >= 11 is 6.17. The number of fused-ring (bicyclic) bond motifs is 2. The van der Waals surface area contributed by atoms with Crippen LogP contribution in [0.15, 0.2) is 65.9 Å². The van der Waals surface area contributed by atoms with E-state index in [4.69, 9.17) is 21.1 Å². The lowest BCUT2D eigenvalue weighted by atomic mass is 9.85. The molecular formula is C37H45ClFN7O6S. The molecule has 53 heavy (non-hydrogen) atoms. The normalized spacial score (nSPS) is 20.8. The Labute approximate surface area is 314 Å². The van der Waals surface area contributed by atoms with Crippen molar-refractivity contribution in [1.82, 2.24) is 14.2 Å². The number of nitrogens with zero attached hydrogens (tertiary/aromatic N) is 6. The third kappa shape index (κ3) is 9.96. The van der Waals surface area contributed by atoms with Gasteiger partial charge in [-0.2, -0.15) is 4.31 Å². The topological polar surface area (TPSA) is 167 Å². The highest BCUT2D eigenvalue weighted by Gasteiger charge is 2.44. The highest BCUT2D eigenvalue weighted by molar-refractivity contribution is 7.89. The second-order valence-electron chi connectivity index (χ2n) is 14.5. The Bertz CT molecular complexity index is 1940. The van der Waals surface area contributed by atoms with E-state index in [9.17, 15) is 23.5 Å². The Morgan fingerprint density at radius 3 is 2.47 bits per heavy atom.